The predicted octanol–water partition coefficient (Wildman–Crippen LogP) is 3.21. The van der Waals surface area contributed by atoms with Gasteiger partial charge in [-0.15, -0.1) is 0 Å². The molecule has 0 aromatic heterocycles. The number of ether oxygens (including phenoxy) is 2. The first-order chi connectivity index (χ1) is 8.02. The second-order valence-electron chi connectivity index (χ2n) is 5.15. The van der Waals surface area contributed by atoms with E-state index in [0.717, 1.165) is 25.4 Å². The van der Waals surface area contributed by atoms with Gasteiger partial charge in [0.05, 0.1) is 6.10 Å². The van der Waals surface area contributed by atoms with Gasteiger partial charge in [0.1, 0.15) is 6.61 Å². The molecule has 0 saturated heterocycles. The zero-order valence-electron chi connectivity index (χ0n) is 11.8. The fraction of sp³-hybridized carbons (Fsp3) is 0.929. The highest BCUT2D eigenvalue weighted by molar-refractivity contribution is 5.79. The summed E-state index contributed by atoms with van der Waals surface area (Å²) in [5, 5.41) is 0. The maximum Gasteiger partial charge on any atom is 0.158 e. The molecule has 0 saturated carbocycles. The fourth-order valence-electron chi connectivity index (χ4n) is 1.40. The minimum atomic E-state index is 0.131. The number of hydrogen-bond donors (Lipinski definition) is 0. The molecule has 0 bridgehead atoms. The van der Waals surface area contributed by atoms with Crippen molar-refractivity contribution >= 4 is 5.78 Å². The number of ketones is 1. The maximum atomic E-state index is 11.3. The molecule has 0 atom stereocenters. The zero-order valence-corrected chi connectivity index (χ0v) is 11.8. The summed E-state index contributed by atoms with van der Waals surface area (Å²) in [7, 11) is 0. The smallest absolute Gasteiger partial charge is 0.158 e. The van der Waals surface area contributed by atoms with Crippen LogP contribution in [0.3, 0.4) is 0 Å². The van der Waals surface area contributed by atoms with Crippen LogP contribution < -0.4 is 0 Å². The van der Waals surface area contributed by atoms with Crippen LogP contribution in [0, 0.1) is 5.92 Å². The number of rotatable bonds is 11. The Morgan fingerprint density at radius 1 is 1.06 bits per heavy atom. The van der Waals surface area contributed by atoms with Crippen molar-refractivity contribution in [1.82, 2.24) is 0 Å². The van der Waals surface area contributed by atoms with E-state index in [4.69, 9.17) is 9.47 Å². The van der Waals surface area contributed by atoms with Crippen molar-refractivity contribution in [2.24, 2.45) is 5.92 Å². The third-order valence-electron chi connectivity index (χ3n) is 2.39. The van der Waals surface area contributed by atoms with Crippen LogP contribution in [0.25, 0.3) is 0 Å². The first-order valence-corrected chi connectivity index (χ1v) is 6.73. The highest BCUT2D eigenvalue weighted by atomic mass is 16.5. The first kappa shape index (κ1) is 16.6. The largest absolute Gasteiger partial charge is 0.381 e. The van der Waals surface area contributed by atoms with Gasteiger partial charge in [-0.1, -0.05) is 13.8 Å². The van der Waals surface area contributed by atoms with Crippen molar-refractivity contribution in [1.29, 1.82) is 0 Å². The number of carbonyl (C=O) groups is 1. The lowest BCUT2D eigenvalue weighted by Crippen LogP contribution is -2.13. The summed E-state index contributed by atoms with van der Waals surface area (Å²) in [5.41, 5.74) is 0. The third kappa shape index (κ3) is 13.5. The Labute approximate surface area is 106 Å². The molecule has 0 heterocycles. The van der Waals surface area contributed by atoms with Crippen molar-refractivity contribution in [3.8, 4) is 0 Å². The molecule has 0 radical (unpaired) electrons. The van der Waals surface area contributed by atoms with Crippen LogP contribution in [0.15, 0.2) is 0 Å². The predicted molar refractivity (Wildman–Crippen MR) is 70.2 cm³/mol. The van der Waals surface area contributed by atoms with Gasteiger partial charge in [0.25, 0.3) is 0 Å². The molecule has 17 heavy (non-hydrogen) atoms. The van der Waals surface area contributed by atoms with Gasteiger partial charge in [-0.05, 0) is 39.0 Å². The Kier molecular flexibility index (Phi) is 10.5. The molecule has 102 valence electrons. The average Bonchev–Trinajstić information content (AvgIpc) is 2.24. The summed E-state index contributed by atoms with van der Waals surface area (Å²) in [6, 6.07) is 0. The van der Waals surface area contributed by atoms with Crippen LogP contribution in [0.4, 0.5) is 0 Å². The van der Waals surface area contributed by atoms with E-state index >= 15 is 0 Å². The molecular formula is C14H28O3. The fourth-order valence-corrected chi connectivity index (χ4v) is 1.40. The number of carbonyl (C=O) groups excluding carboxylic acids is 1. The Bertz CT molecular complexity index is 188. The van der Waals surface area contributed by atoms with E-state index < -0.39 is 0 Å². The lowest BCUT2D eigenvalue weighted by molar-refractivity contribution is -0.125. The molecular weight excluding hydrogens is 216 g/mol. The number of hydrogen-bond acceptors (Lipinski definition) is 3. The second-order valence-corrected chi connectivity index (χ2v) is 5.15. The molecule has 0 aromatic rings. The molecule has 0 fully saturated rings. The van der Waals surface area contributed by atoms with Crippen LogP contribution in [-0.4, -0.2) is 31.7 Å². The van der Waals surface area contributed by atoms with Crippen LogP contribution in [-0.2, 0) is 14.3 Å². The summed E-state index contributed by atoms with van der Waals surface area (Å²) < 4.78 is 10.7. The van der Waals surface area contributed by atoms with Crippen LogP contribution in [0.2, 0.25) is 0 Å². The molecule has 0 aliphatic carbocycles. The lowest BCUT2D eigenvalue weighted by Gasteiger charge is -2.07. The summed E-state index contributed by atoms with van der Waals surface area (Å²) >= 11 is 0. The van der Waals surface area contributed by atoms with Crippen LogP contribution in [0.1, 0.15) is 53.4 Å². The second kappa shape index (κ2) is 10.7. The van der Waals surface area contributed by atoms with E-state index in [-0.39, 0.29) is 18.5 Å². The van der Waals surface area contributed by atoms with E-state index in [1.165, 1.54) is 6.42 Å². The lowest BCUT2D eigenvalue weighted by atomic mass is 10.1. The van der Waals surface area contributed by atoms with Crippen molar-refractivity contribution in [2.75, 3.05) is 19.8 Å². The van der Waals surface area contributed by atoms with Gasteiger partial charge in [0.15, 0.2) is 5.78 Å². The third-order valence-corrected chi connectivity index (χ3v) is 2.39. The zero-order chi connectivity index (χ0) is 13.1. The average molecular weight is 244 g/mol. The molecule has 0 rings (SSSR count). The highest BCUT2D eigenvalue weighted by Crippen LogP contribution is 2.03. The van der Waals surface area contributed by atoms with Crippen molar-refractivity contribution in [2.45, 2.75) is 59.5 Å². The van der Waals surface area contributed by atoms with Crippen LogP contribution >= 0.6 is 0 Å². The normalized spacial score (nSPS) is 11.4. The van der Waals surface area contributed by atoms with E-state index in [0.29, 0.717) is 13.0 Å². The molecule has 0 aliphatic heterocycles. The van der Waals surface area contributed by atoms with E-state index in [1.54, 1.807) is 0 Å². The first-order valence-electron chi connectivity index (χ1n) is 6.73. The topological polar surface area (TPSA) is 35.5 Å². The van der Waals surface area contributed by atoms with Gasteiger partial charge in [0.2, 0.25) is 0 Å². The van der Waals surface area contributed by atoms with Crippen LogP contribution in [0.5, 0.6) is 0 Å². The SMILES string of the molecule is CC(C)CCCOCCCC(=O)COC(C)C. The van der Waals surface area contributed by atoms with E-state index in [9.17, 15) is 4.79 Å². The maximum absolute atomic E-state index is 11.3. The Hall–Kier alpha value is -0.410. The minimum absolute atomic E-state index is 0.131. The summed E-state index contributed by atoms with van der Waals surface area (Å²) in [4.78, 5) is 11.3. The molecule has 0 N–H and O–H groups in total. The summed E-state index contributed by atoms with van der Waals surface area (Å²) in [6.07, 6.45) is 3.83. The standard InChI is InChI=1S/C14H28O3/c1-12(2)7-5-9-16-10-6-8-14(15)11-17-13(3)4/h12-13H,5-11H2,1-4H3. The Morgan fingerprint density at radius 3 is 2.29 bits per heavy atom. The van der Waals surface area contributed by atoms with Gasteiger partial charge in [-0.3, -0.25) is 4.79 Å². The Balaban J connectivity index is 3.19. The van der Waals surface area contributed by atoms with Gasteiger partial charge >= 0.3 is 0 Å². The summed E-state index contributed by atoms with van der Waals surface area (Å²) in [6.45, 7) is 10.0. The van der Waals surface area contributed by atoms with Crippen molar-refractivity contribution in [3.63, 3.8) is 0 Å². The highest BCUT2D eigenvalue weighted by Gasteiger charge is 2.03. The Morgan fingerprint density at radius 2 is 1.71 bits per heavy atom. The molecule has 0 spiro atoms. The van der Waals surface area contributed by atoms with Gasteiger partial charge in [-0.25, -0.2) is 0 Å². The molecule has 0 aromatic carbocycles. The molecule has 0 amide bonds. The van der Waals surface area contributed by atoms with E-state index in [2.05, 4.69) is 13.8 Å². The van der Waals surface area contributed by atoms with Crippen molar-refractivity contribution in [3.05, 3.63) is 0 Å². The quantitative estimate of drug-likeness (QED) is 0.523. The monoisotopic (exact) mass is 244 g/mol. The molecule has 0 aliphatic rings. The van der Waals surface area contributed by atoms with Gasteiger partial charge in [0, 0.05) is 19.6 Å². The molecule has 3 nitrogen and oxygen atoms in total. The van der Waals surface area contributed by atoms with Crippen molar-refractivity contribution < 1.29 is 14.3 Å². The summed E-state index contributed by atoms with van der Waals surface area (Å²) in [5.74, 6) is 0.915. The number of Topliss-reactive ketones (excluding diaryl/α,β-unsaturated/α-hetero) is 1. The molecule has 3 heteroatoms. The van der Waals surface area contributed by atoms with E-state index in [1.807, 2.05) is 13.8 Å². The van der Waals surface area contributed by atoms with Gasteiger partial charge in [-0.2, -0.15) is 0 Å². The minimum Gasteiger partial charge on any atom is -0.381 e. The van der Waals surface area contributed by atoms with Gasteiger partial charge < -0.3 is 9.47 Å². The molecule has 0 unspecified atom stereocenters.